The zero-order chi connectivity index (χ0) is 11.5. The molecule has 1 radical (unpaired) electrons. The van der Waals surface area contributed by atoms with Crippen LogP contribution in [0.2, 0.25) is 0 Å². The molecule has 0 bridgehead atoms. The Bertz CT molecular complexity index is 177. The SMILES string of the molecule is C=CCN(CC=C)[P]N(CC=C)CC=C.Cl. The second-order valence-electron chi connectivity index (χ2n) is 2.99. The van der Waals surface area contributed by atoms with E-state index < -0.39 is 0 Å². The third-order valence-corrected chi connectivity index (χ3v) is 2.77. The second kappa shape index (κ2) is 12.7. The summed E-state index contributed by atoms with van der Waals surface area (Å²) < 4.78 is 4.46. The van der Waals surface area contributed by atoms with Gasteiger partial charge in [-0.05, 0) is 0 Å². The van der Waals surface area contributed by atoms with Gasteiger partial charge in [0.1, 0.15) is 0 Å². The Morgan fingerprint density at radius 3 is 1.12 bits per heavy atom. The molecule has 0 amide bonds. The third-order valence-electron chi connectivity index (χ3n) is 1.61. The molecule has 0 unspecified atom stereocenters. The van der Waals surface area contributed by atoms with Crippen molar-refractivity contribution in [2.75, 3.05) is 26.2 Å². The van der Waals surface area contributed by atoms with Gasteiger partial charge in [0.2, 0.25) is 0 Å². The third kappa shape index (κ3) is 8.87. The van der Waals surface area contributed by atoms with E-state index in [-0.39, 0.29) is 12.4 Å². The van der Waals surface area contributed by atoms with Gasteiger partial charge < -0.3 is 0 Å². The van der Waals surface area contributed by atoms with E-state index in [2.05, 4.69) is 35.7 Å². The second-order valence-corrected chi connectivity index (χ2v) is 4.30. The maximum atomic E-state index is 3.74. The van der Waals surface area contributed by atoms with Crippen molar-refractivity contribution in [3.8, 4) is 0 Å². The molecule has 0 heterocycles. The summed E-state index contributed by atoms with van der Waals surface area (Å²) in [5, 5.41) is 0. The quantitative estimate of drug-likeness (QED) is 0.437. The zero-order valence-corrected chi connectivity index (χ0v) is 11.4. The molecule has 0 aliphatic heterocycles. The Morgan fingerprint density at radius 2 is 0.938 bits per heavy atom. The highest BCUT2D eigenvalue weighted by Crippen LogP contribution is 2.23. The first kappa shape index (κ1) is 18.0. The highest BCUT2D eigenvalue weighted by Gasteiger charge is 2.08. The van der Waals surface area contributed by atoms with Crippen LogP contribution < -0.4 is 0 Å². The van der Waals surface area contributed by atoms with Crippen LogP contribution in [0.15, 0.2) is 50.6 Å². The van der Waals surface area contributed by atoms with Crippen molar-refractivity contribution in [3.63, 3.8) is 0 Å². The predicted molar refractivity (Wildman–Crippen MR) is 78.1 cm³/mol. The normalized spacial score (nSPS) is 9.62. The minimum atomic E-state index is 0. The number of nitrogens with zero attached hydrogens (tertiary/aromatic N) is 2. The summed E-state index contributed by atoms with van der Waals surface area (Å²) in [5.41, 5.74) is 0. The van der Waals surface area contributed by atoms with Crippen LogP contribution in [-0.2, 0) is 0 Å². The van der Waals surface area contributed by atoms with Gasteiger partial charge >= 0.3 is 0 Å². The lowest BCUT2D eigenvalue weighted by Crippen LogP contribution is -2.23. The molecule has 0 rings (SSSR count). The largest absolute Gasteiger partial charge is 0.257 e. The Morgan fingerprint density at radius 1 is 0.688 bits per heavy atom. The van der Waals surface area contributed by atoms with Gasteiger partial charge in [-0.25, -0.2) is 0 Å². The molecule has 2 nitrogen and oxygen atoms in total. The summed E-state index contributed by atoms with van der Waals surface area (Å²) in [6, 6.07) is 0. The Balaban J connectivity index is 0. The predicted octanol–water partition coefficient (Wildman–Crippen LogP) is 3.53. The van der Waals surface area contributed by atoms with Crippen molar-refractivity contribution in [1.29, 1.82) is 0 Å². The molecule has 0 spiro atoms. The minimum Gasteiger partial charge on any atom is -0.257 e. The molecule has 4 heteroatoms. The number of hydrogen-bond donors (Lipinski definition) is 0. The molecule has 0 N–H and O–H groups in total. The Labute approximate surface area is 108 Å². The molecule has 0 aromatic rings. The first-order chi connectivity index (χ1) is 7.28. The van der Waals surface area contributed by atoms with E-state index in [1.807, 2.05) is 24.3 Å². The van der Waals surface area contributed by atoms with Gasteiger partial charge in [0.05, 0.1) is 8.88 Å². The smallest absolute Gasteiger partial charge is 0.0987 e. The van der Waals surface area contributed by atoms with Crippen molar-refractivity contribution in [2.45, 2.75) is 0 Å². The van der Waals surface area contributed by atoms with Crippen LogP contribution in [-0.4, -0.2) is 35.5 Å². The Hall–Kier alpha value is -0.400. The van der Waals surface area contributed by atoms with Crippen LogP contribution >= 0.6 is 21.3 Å². The van der Waals surface area contributed by atoms with E-state index in [0.717, 1.165) is 35.1 Å². The lowest BCUT2D eigenvalue weighted by molar-refractivity contribution is 0.486. The average Bonchev–Trinajstić information content (AvgIpc) is 2.19. The molecule has 16 heavy (non-hydrogen) atoms. The summed E-state index contributed by atoms with van der Waals surface area (Å²) in [5.74, 6) is 0. The molecule has 0 atom stereocenters. The first-order valence-electron chi connectivity index (χ1n) is 4.93. The van der Waals surface area contributed by atoms with Crippen molar-refractivity contribution in [3.05, 3.63) is 50.6 Å². The summed E-state index contributed by atoms with van der Waals surface area (Å²) in [7, 11) is 1.15. The topological polar surface area (TPSA) is 6.48 Å². The number of rotatable bonds is 10. The summed E-state index contributed by atoms with van der Waals surface area (Å²) >= 11 is 0. The fourth-order valence-electron chi connectivity index (χ4n) is 1.07. The van der Waals surface area contributed by atoms with E-state index in [9.17, 15) is 0 Å². The van der Waals surface area contributed by atoms with Gasteiger partial charge in [-0.15, -0.1) is 38.7 Å². The van der Waals surface area contributed by atoms with E-state index >= 15 is 0 Å². The van der Waals surface area contributed by atoms with E-state index in [4.69, 9.17) is 0 Å². The molecule has 0 saturated carbocycles. The van der Waals surface area contributed by atoms with E-state index in [1.165, 1.54) is 0 Å². The maximum absolute atomic E-state index is 3.74. The molecule has 0 saturated heterocycles. The number of hydrogen-bond acceptors (Lipinski definition) is 2. The van der Waals surface area contributed by atoms with Crippen LogP contribution in [0.1, 0.15) is 0 Å². The number of halogens is 1. The van der Waals surface area contributed by atoms with Crippen molar-refractivity contribution in [1.82, 2.24) is 9.34 Å². The molecule has 0 aliphatic carbocycles. The summed E-state index contributed by atoms with van der Waals surface area (Å²) in [6.07, 6.45) is 7.60. The van der Waals surface area contributed by atoms with Gasteiger partial charge in [-0.2, -0.15) is 0 Å². The highest BCUT2D eigenvalue weighted by molar-refractivity contribution is 7.32. The van der Waals surface area contributed by atoms with Crippen LogP contribution in [0, 0.1) is 0 Å². The average molecular weight is 260 g/mol. The zero-order valence-electron chi connectivity index (χ0n) is 9.72. The molecule has 0 aliphatic rings. The summed E-state index contributed by atoms with van der Waals surface area (Å²) in [6.45, 7) is 18.4. The lowest BCUT2D eigenvalue weighted by atomic mass is 10.5. The van der Waals surface area contributed by atoms with Gasteiger partial charge in [-0.1, -0.05) is 24.3 Å². The highest BCUT2D eigenvalue weighted by atomic mass is 35.5. The molecule has 0 fully saturated rings. The van der Waals surface area contributed by atoms with Crippen LogP contribution in [0.4, 0.5) is 0 Å². The molecule has 0 aromatic carbocycles. The minimum absolute atomic E-state index is 0. The summed E-state index contributed by atoms with van der Waals surface area (Å²) in [4.78, 5) is 0. The van der Waals surface area contributed by atoms with Gasteiger partial charge in [0, 0.05) is 26.2 Å². The van der Waals surface area contributed by atoms with Gasteiger partial charge in [-0.3, -0.25) is 9.34 Å². The standard InChI is InChI=1S/C12H20N2P.ClH/c1-5-9-13(10-6-2)15-14(11-7-3)12-8-4;/h5-8H,1-4,9-12H2;1H. The van der Waals surface area contributed by atoms with Crippen molar-refractivity contribution < 1.29 is 0 Å². The first-order valence-corrected chi connectivity index (χ1v) is 5.73. The van der Waals surface area contributed by atoms with Crippen LogP contribution in [0.3, 0.4) is 0 Å². The van der Waals surface area contributed by atoms with Crippen LogP contribution in [0.5, 0.6) is 0 Å². The monoisotopic (exact) mass is 259 g/mol. The maximum Gasteiger partial charge on any atom is 0.0987 e. The molecule has 0 aromatic heterocycles. The fraction of sp³-hybridized carbons (Fsp3) is 0.333. The Kier molecular flexibility index (Phi) is 14.2. The van der Waals surface area contributed by atoms with Crippen molar-refractivity contribution >= 4 is 21.3 Å². The van der Waals surface area contributed by atoms with E-state index in [1.54, 1.807) is 0 Å². The fourth-order valence-corrected chi connectivity index (χ4v) is 2.18. The lowest BCUT2D eigenvalue weighted by Gasteiger charge is -2.25. The van der Waals surface area contributed by atoms with Gasteiger partial charge in [0.15, 0.2) is 0 Å². The molecular formula is C12H21ClN2P. The van der Waals surface area contributed by atoms with Gasteiger partial charge in [0.25, 0.3) is 0 Å². The molecule has 91 valence electrons. The molecular weight excluding hydrogens is 239 g/mol. The van der Waals surface area contributed by atoms with Crippen molar-refractivity contribution in [2.24, 2.45) is 0 Å². The van der Waals surface area contributed by atoms with E-state index in [0.29, 0.717) is 0 Å². The van der Waals surface area contributed by atoms with Crippen LogP contribution in [0.25, 0.3) is 0 Å².